The summed E-state index contributed by atoms with van der Waals surface area (Å²) in [6, 6.07) is 14.9. The molecule has 1 heterocycles. The fourth-order valence-corrected chi connectivity index (χ4v) is 3.73. The number of nitrogens with one attached hydrogen (secondary N) is 1. The number of aryl methyl sites for hydroxylation is 1. The van der Waals surface area contributed by atoms with Gasteiger partial charge in [-0.25, -0.2) is 0 Å². The van der Waals surface area contributed by atoms with Crippen molar-refractivity contribution >= 4 is 0 Å². The first-order chi connectivity index (χ1) is 11.3. The minimum Gasteiger partial charge on any atom is -0.493 e. The van der Waals surface area contributed by atoms with Gasteiger partial charge in [0.2, 0.25) is 0 Å². The van der Waals surface area contributed by atoms with E-state index in [1.54, 1.807) is 0 Å². The smallest absolute Gasteiger partial charge is 0.123 e. The molecule has 4 rings (SSSR count). The Hall–Kier alpha value is -1.84. The third kappa shape index (κ3) is 2.99. The third-order valence-corrected chi connectivity index (χ3v) is 5.04. The number of ether oxygens (including phenoxy) is 1. The quantitative estimate of drug-likeness (QED) is 0.912. The van der Waals surface area contributed by atoms with Gasteiger partial charge in [-0.3, -0.25) is 0 Å². The number of rotatable bonds is 4. The zero-order valence-corrected chi connectivity index (χ0v) is 13.3. The standard InChI is InChI=1S/C20H23NO2/c22-20-17-13-19-16(9-11-23-19)12-15(17)6-7-18(20)21-10-8-14-4-2-1-3-5-14/h1-5,12-13,18,20-22H,6-11H2/t18-,20-/m0/s1. The van der Waals surface area contributed by atoms with Gasteiger partial charge in [0.25, 0.3) is 0 Å². The van der Waals surface area contributed by atoms with E-state index >= 15 is 0 Å². The molecule has 2 N–H and O–H groups in total. The highest BCUT2D eigenvalue weighted by Crippen LogP contribution is 2.36. The van der Waals surface area contributed by atoms with E-state index in [1.165, 1.54) is 16.7 Å². The normalized spacial score (nSPS) is 22.3. The van der Waals surface area contributed by atoms with E-state index in [0.717, 1.165) is 50.1 Å². The van der Waals surface area contributed by atoms with Crippen LogP contribution in [0, 0.1) is 0 Å². The molecule has 120 valence electrons. The van der Waals surface area contributed by atoms with Crippen LogP contribution in [-0.4, -0.2) is 24.3 Å². The van der Waals surface area contributed by atoms with E-state index < -0.39 is 6.10 Å². The van der Waals surface area contributed by atoms with Crippen LogP contribution in [-0.2, 0) is 19.3 Å². The highest BCUT2D eigenvalue weighted by Gasteiger charge is 2.29. The van der Waals surface area contributed by atoms with Gasteiger partial charge in [0, 0.05) is 12.5 Å². The Morgan fingerprint density at radius 2 is 1.96 bits per heavy atom. The maximum atomic E-state index is 10.7. The molecule has 0 saturated heterocycles. The predicted octanol–water partition coefficient (Wildman–Crippen LogP) is 2.80. The molecule has 0 aromatic heterocycles. The van der Waals surface area contributed by atoms with Crippen molar-refractivity contribution in [1.82, 2.24) is 5.32 Å². The lowest BCUT2D eigenvalue weighted by Crippen LogP contribution is -2.39. The van der Waals surface area contributed by atoms with Crippen LogP contribution >= 0.6 is 0 Å². The van der Waals surface area contributed by atoms with Crippen LogP contribution in [0.2, 0.25) is 0 Å². The summed E-state index contributed by atoms with van der Waals surface area (Å²) < 4.78 is 5.66. The van der Waals surface area contributed by atoms with Crippen molar-refractivity contribution in [2.24, 2.45) is 0 Å². The van der Waals surface area contributed by atoms with Gasteiger partial charge in [-0.1, -0.05) is 36.4 Å². The van der Waals surface area contributed by atoms with Crippen LogP contribution in [0.3, 0.4) is 0 Å². The Labute approximate surface area is 137 Å². The molecule has 2 aliphatic rings. The fourth-order valence-electron chi connectivity index (χ4n) is 3.73. The van der Waals surface area contributed by atoms with E-state index in [0.29, 0.717) is 0 Å². The third-order valence-electron chi connectivity index (χ3n) is 5.04. The Morgan fingerprint density at radius 1 is 1.09 bits per heavy atom. The SMILES string of the molecule is O[C@H]1c2cc3c(cc2CC[C@@H]1NCCc1ccccc1)CCO3. The molecule has 3 nitrogen and oxygen atoms in total. The number of fused-ring (bicyclic) bond motifs is 2. The van der Waals surface area contributed by atoms with E-state index in [2.05, 4.69) is 41.7 Å². The van der Waals surface area contributed by atoms with Crippen molar-refractivity contribution in [2.45, 2.75) is 37.8 Å². The maximum Gasteiger partial charge on any atom is 0.123 e. The number of aliphatic hydroxyl groups is 1. The van der Waals surface area contributed by atoms with E-state index in [9.17, 15) is 5.11 Å². The van der Waals surface area contributed by atoms with Crippen molar-refractivity contribution in [3.8, 4) is 5.75 Å². The van der Waals surface area contributed by atoms with Gasteiger partial charge in [0.05, 0.1) is 12.7 Å². The van der Waals surface area contributed by atoms with Gasteiger partial charge in [-0.15, -0.1) is 0 Å². The lowest BCUT2D eigenvalue weighted by molar-refractivity contribution is 0.115. The maximum absolute atomic E-state index is 10.7. The predicted molar refractivity (Wildman–Crippen MR) is 90.9 cm³/mol. The summed E-state index contributed by atoms with van der Waals surface area (Å²) in [7, 11) is 0. The molecule has 3 heteroatoms. The van der Waals surface area contributed by atoms with Gasteiger partial charge in [-0.2, -0.15) is 0 Å². The zero-order chi connectivity index (χ0) is 15.6. The van der Waals surface area contributed by atoms with E-state index in [4.69, 9.17) is 4.74 Å². The minimum absolute atomic E-state index is 0.130. The Kier molecular flexibility index (Phi) is 4.06. The second-order valence-electron chi connectivity index (χ2n) is 6.54. The second kappa shape index (κ2) is 6.34. The molecule has 2 aromatic rings. The van der Waals surface area contributed by atoms with Crippen LogP contribution in [0.25, 0.3) is 0 Å². The summed E-state index contributed by atoms with van der Waals surface area (Å²) in [5.41, 5.74) is 4.97. The minimum atomic E-state index is -0.441. The van der Waals surface area contributed by atoms with Crippen LogP contribution in [0.4, 0.5) is 0 Å². The first kappa shape index (κ1) is 14.7. The first-order valence-corrected chi connectivity index (χ1v) is 8.55. The Morgan fingerprint density at radius 3 is 2.83 bits per heavy atom. The van der Waals surface area contributed by atoms with Gasteiger partial charge in [0.15, 0.2) is 0 Å². The van der Waals surface area contributed by atoms with Crippen molar-refractivity contribution in [3.05, 3.63) is 64.7 Å². The number of hydrogen-bond acceptors (Lipinski definition) is 3. The molecule has 0 radical (unpaired) electrons. The van der Waals surface area contributed by atoms with Gasteiger partial charge in [0.1, 0.15) is 5.75 Å². The van der Waals surface area contributed by atoms with Gasteiger partial charge in [-0.05, 0) is 54.1 Å². The summed E-state index contributed by atoms with van der Waals surface area (Å²) in [6.45, 7) is 1.66. The molecular formula is C20H23NO2. The van der Waals surface area contributed by atoms with Gasteiger partial charge >= 0.3 is 0 Å². The lowest BCUT2D eigenvalue weighted by Gasteiger charge is -2.31. The number of aliphatic hydroxyl groups excluding tert-OH is 1. The fraction of sp³-hybridized carbons (Fsp3) is 0.400. The molecular weight excluding hydrogens is 286 g/mol. The summed E-state index contributed by atoms with van der Waals surface area (Å²) in [6.07, 6.45) is 3.57. The van der Waals surface area contributed by atoms with Crippen LogP contribution in [0.5, 0.6) is 5.75 Å². The summed E-state index contributed by atoms with van der Waals surface area (Å²) in [5, 5.41) is 14.3. The highest BCUT2D eigenvalue weighted by molar-refractivity contribution is 5.47. The lowest BCUT2D eigenvalue weighted by atomic mass is 9.84. The average molecular weight is 309 g/mol. The molecule has 1 aliphatic carbocycles. The molecule has 0 saturated carbocycles. The van der Waals surface area contributed by atoms with Crippen LogP contribution in [0.15, 0.2) is 42.5 Å². The Bertz CT molecular complexity index is 684. The average Bonchev–Trinajstić information content (AvgIpc) is 3.04. The Balaban J connectivity index is 1.42. The molecule has 23 heavy (non-hydrogen) atoms. The van der Waals surface area contributed by atoms with Crippen molar-refractivity contribution in [3.63, 3.8) is 0 Å². The summed E-state index contributed by atoms with van der Waals surface area (Å²) >= 11 is 0. The summed E-state index contributed by atoms with van der Waals surface area (Å²) in [4.78, 5) is 0. The van der Waals surface area contributed by atoms with Crippen molar-refractivity contribution in [1.29, 1.82) is 0 Å². The monoisotopic (exact) mass is 309 g/mol. The zero-order valence-electron chi connectivity index (χ0n) is 13.3. The van der Waals surface area contributed by atoms with Crippen molar-refractivity contribution < 1.29 is 9.84 Å². The molecule has 2 atom stereocenters. The topological polar surface area (TPSA) is 41.5 Å². The molecule has 0 fully saturated rings. The first-order valence-electron chi connectivity index (χ1n) is 8.55. The van der Waals surface area contributed by atoms with Crippen LogP contribution < -0.4 is 10.1 Å². The molecule has 1 aliphatic heterocycles. The summed E-state index contributed by atoms with van der Waals surface area (Å²) in [5.74, 6) is 0.965. The number of hydrogen-bond donors (Lipinski definition) is 2. The molecule has 0 bridgehead atoms. The highest BCUT2D eigenvalue weighted by atomic mass is 16.5. The molecule has 0 amide bonds. The van der Waals surface area contributed by atoms with E-state index in [1.807, 2.05) is 6.07 Å². The van der Waals surface area contributed by atoms with Crippen LogP contribution in [0.1, 0.15) is 34.8 Å². The largest absolute Gasteiger partial charge is 0.493 e. The van der Waals surface area contributed by atoms with E-state index in [-0.39, 0.29) is 6.04 Å². The molecule has 2 aromatic carbocycles. The number of benzene rings is 2. The van der Waals surface area contributed by atoms with Crippen molar-refractivity contribution in [2.75, 3.05) is 13.2 Å². The van der Waals surface area contributed by atoms with Gasteiger partial charge < -0.3 is 15.2 Å². The second-order valence-corrected chi connectivity index (χ2v) is 6.54. The molecule has 0 unspecified atom stereocenters. The molecule has 0 spiro atoms.